The summed E-state index contributed by atoms with van der Waals surface area (Å²) < 4.78 is 0. The Kier molecular flexibility index (Phi) is 4.74. The Morgan fingerprint density at radius 1 is 1.30 bits per heavy atom. The van der Waals surface area contributed by atoms with Crippen LogP contribution in [0, 0.1) is 5.92 Å². The molecule has 4 N–H and O–H groups in total. The number of rotatable bonds is 6. The molecule has 1 aliphatic rings. The Labute approximate surface area is 118 Å². The first-order valence-corrected chi connectivity index (χ1v) is 6.93. The van der Waals surface area contributed by atoms with Gasteiger partial charge in [-0.05, 0) is 36.5 Å². The van der Waals surface area contributed by atoms with Gasteiger partial charge in [0.1, 0.15) is 0 Å². The normalized spacial score (nSPS) is 15.5. The summed E-state index contributed by atoms with van der Waals surface area (Å²) in [7, 11) is 0. The Bertz CT molecular complexity index is 480. The molecule has 0 saturated heterocycles. The fourth-order valence-corrected chi connectivity index (χ4v) is 2.09. The van der Waals surface area contributed by atoms with Crippen molar-refractivity contribution in [3.63, 3.8) is 0 Å². The predicted octanol–water partition coefficient (Wildman–Crippen LogP) is 1.39. The van der Waals surface area contributed by atoms with Crippen LogP contribution in [0.4, 0.5) is 5.69 Å². The molecule has 1 aromatic carbocycles. The van der Waals surface area contributed by atoms with Gasteiger partial charge in [-0.1, -0.05) is 12.1 Å². The number of nitrogens with one attached hydrogen (secondary N) is 2. The van der Waals surface area contributed by atoms with Gasteiger partial charge >= 0.3 is 0 Å². The van der Waals surface area contributed by atoms with Crippen LogP contribution in [-0.4, -0.2) is 17.9 Å². The molecule has 108 valence electrons. The van der Waals surface area contributed by atoms with Crippen molar-refractivity contribution in [2.24, 2.45) is 11.7 Å². The molecule has 20 heavy (non-hydrogen) atoms. The highest BCUT2D eigenvalue weighted by atomic mass is 16.2. The minimum Gasteiger partial charge on any atom is -0.352 e. The fraction of sp³-hybridized carbons (Fsp3) is 0.467. The number of hydrogen-bond acceptors (Lipinski definition) is 3. The molecule has 0 radical (unpaired) electrons. The molecule has 0 spiro atoms. The van der Waals surface area contributed by atoms with Crippen molar-refractivity contribution in [2.75, 3.05) is 5.32 Å². The van der Waals surface area contributed by atoms with Crippen LogP contribution < -0.4 is 16.4 Å². The summed E-state index contributed by atoms with van der Waals surface area (Å²) in [5.41, 5.74) is 7.66. The molecule has 1 saturated carbocycles. The zero-order valence-corrected chi connectivity index (χ0v) is 11.7. The molecular formula is C15H21N3O2. The topological polar surface area (TPSA) is 84.2 Å². The lowest BCUT2D eigenvalue weighted by atomic mass is 10.1. The Morgan fingerprint density at radius 3 is 2.50 bits per heavy atom. The second-order valence-electron chi connectivity index (χ2n) is 5.36. The van der Waals surface area contributed by atoms with Gasteiger partial charge in [-0.25, -0.2) is 0 Å². The van der Waals surface area contributed by atoms with Gasteiger partial charge < -0.3 is 16.4 Å². The molecule has 0 aliphatic heterocycles. The van der Waals surface area contributed by atoms with E-state index in [1.54, 1.807) is 0 Å². The first-order valence-electron chi connectivity index (χ1n) is 6.93. The number of amides is 2. The van der Waals surface area contributed by atoms with Crippen LogP contribution in [0.25, 0.3) is 0 Å². The van der Waals surface area contributed by atoms with Crippen LogP contribution in [0.5, 0.6) is 0 Å². The predicted molar refractivity (Wildman–Crippen MR) is 77.9 cm³/mol. The van der Waals surface area contributed by atoms with Crippen molar-refractivity contribution < 1.29 is 9.59 Å². The highest BCUT2D eigenvalue weighted by molar-refractivity contribution is 5.88. The zero-order chi connectivity index (χ0) is 14.5. The molecule has 0 heterocycles. The largest absolute Gasteiger partial charge is 0.352 e. The third kappa shape index (κ3) is 4.66. The van der Waals surface area contributed by atoms with Crippen LogP contribution in [0.3, 0.4) is 0 Å². The van der Waals surface area contributed by atoms with E-state index in [0.29, 0.717) is 18.9 Å². The molecule has 2 rings (SSSR count). The summed E-state index contributed by atoms with van der Waals surface area (Å²) >= 11 is 0. The van der Waals surface area contributed by atoms with E-state index >= 15 is 0 Å². The summed E-state index contributed by atoms with van der Waals surface area (Å²) in [6, 6.07) is 7.40. The molecule has 1 atom stereocenters. The van der Waals surface area contributed by atoms with Gasteiger partial charge in [-0.15, -0.1) is 0 Å². The number of nitrogens with two attached hydrogens (primary N) is 1. The van der Waals surface area contributed by atoms with Crippen molar-refractivity contribution in [3.05, 3.63) is 29.8 Å². The van der Waals surface area contributed by atoms with E-state index in [4.69, 9.17) is 5.73 Å². The molecule has 0 aromatic heterocycles. The van der Waals surface area contributed by atoms with Crippen molar-refractivity contribution in [1.82, 2.24) is 5.32 Å². The maximum Gasteiger partial charge on any atom is 0.221 e. The number of carbonyl (C=O) groups excluding carboxylic acids is 2. The third-order valence-electron chi connectivity index (χ3n) is 3.41. The van der Waals surface area contributed by atoms with Crippen molar-refractivity contribution >= 4 is 17.5 Å². The Hall–Kier alpha value is -1.88. The van der Waals surface area contributed by atoms with Crippen molar-refractivity contribution in [3.8, 4) is 0 Å². The van der Waals surface area contributed by atoms with E-state index in [-0.39, 0.29) is 17.9 Å². The van der Waals surface area contributed by atoms with E-state index in [0.717, 1.165) is 24.1 Å². The fourth-order valence-electron chi connectivity index (χ4n) is 2.09. The molecule has 2 amide bonds. The second-order valence-corrected chi connectivity index (χ2v) is 5.36. The molecule has 0 bridgehead atoms. The maximum absolute atomic E-state index is 11.7. The summed E-state index contributed by atoms with van der Waals surface area (Å²) in [6.45, 7) is 1.95. The van der Waals surface area contributed by atoms with E-state index in [1.165, 1.54) is 6.92 Å². The van der Waals surface area contributed by atoms with Gasteiger partial charge in [0.05, 0.1) is 0 Å². The number of anilines is 1. The highest BCUT2D eigenvalue weighted by Gasteiger charge is 2.29. The number of carbonyl (C=O) groups is 2. The summed E-state index contributed by atoms with van der Waals surface area (Å²) in [4.78, 5) is 22.6. The van der Waals surface area contributed by atoms with Gasteiger partial charge in [-0.2, -0.15) is 0 Å². The van der Waals surface area contributed by atoms with Crippen LogP contribution >= 0.6 is 0 Å². The van der Waals surface area contributed by atoms with Crippen molar-refractivity contribution in [1.29, 1.82) is 0 Å². The average molecular weight is 275 g/mol. The third-order valence-corrected chi connectivity index (χ3v) is 3.41. The standard InChI is InChI=1S/C15H21N3O2/c1-10(19)18-13-6-2-11(3-7-13)9-17-15(20)8-14(16)12-4-5-12/h2-3,6-7,12,14H,4-5,8-9,16H2,1H3,(H,17,20)(H,18,19). The highest BCUT2D eigenvalue weighted by Crippen LogP contribution is 2.32. The summed E-state index contributed by atoms with van der Waals surface area (Å²) in [5, 5.41) is 5.57. The van der Waals surface area contributed by atoms with Gasteiger partial charge in [-0.3, -0.25) is 9.59 Å². The Morgan fingerprint density at radius 2 is 1.95 bits per heavy atom. The monoisotopic (exact) mass is 275 g/mol. The zero-order valence-electron chi connectivity index (χ0n) is 11.7. The Balaban J connectivity index is 1.75. The lowest BCUT2D eigenvalue weighted by molar-refractivity contribution is -0.121. The first kappa shape index (κ1) is 14.5. The number of benzene rings is 1. The van der Waals surface area contributed by atoms with Crippen LogP contribution in [0.1, 0.15) is 31.7 Å². The lowest BCUT2D eigenvalue weighted by Gasteiger charge is -2.11. The van der Waals surface area contributed by atoms with Gasteiger partial charge in [0.15, 0.2) is 0 Å². The van der Waals surface area contributed by atoms with E-state index in [2.05, 4.69) is 10.6 Å². The van der Waals surface area contributed by atoms with E-state index in [9.17, 15) is 9.59 Å². The molecule has 1 fully saturated rings. The molecule has 1 aromatic rings. The van der Waals surface area contributed by atoms with E-state index < -0.39 is 0 Å². The molecule has 1 unspecified atom stereocenters. The average Bonchev–Trinajstić information content (AvgIpc) is 3.21. The van der Waals surface area contributed by atoms with Gasteiger partial charge in [0.2, 0.25) is 11.8 Å². The van der Waals surface area contributed by atoms with Gasteiger partial charge in [0.25, 0.3) is 0 Å². The van der Waals surface area contributed by atoms with E-state index in [1.807, 2.05) is 24.3 Å². The SMILES string of the molecule is CC(=O)Nc1ccc(CNC(=O)CC(N)C2CC2)cc1. The van der Waals surface area contributed by atoms with Crippen molar-refractivity contribution in [2.45, 2.75) is 38.8 Å². The minimum atomic E-state index is -0.0971. The summed E-state index contributed by atoms with van der Waals surface area (Å²) in [5.74, 6) is 0.438. The lowest BCUT2D eigenvalue weighted by Crippen LogP contribution is -2.32. The van der Waals surface area contributed by atoms with Crippen LogP contribution in [0.15, 0.2) is 24.3 Å². The molecule has 5 nitrogen and oxygen atoms in total. The van der Waals surface area contributed by atoms with Crippen LogP contribution in [0.2, 0.25) is 0 Å². The molecule has 5 heteroatoms. The van der Waals surface area contributed by atoms with Crippen LogP contribution in [-0.2, 0) is 16.1 Å². The first-order chi connectivity index (χ1) is 9.54. The molecule has 1 aliphatic carbocycles. The smallest absolute Gasteiger partial charge is 0.221 e. The number of hydrogen-bond donors (Lipinski definition) is 3. The quantitative estimate of drug-likeness (QED) is 0.733. The summed E-state index contributed by atoms with van der Waals surface area (Å²) in [6.07, 6.45) is 2.70. The molecular weight excluding hydrogens is 254 g/mol. The second kappa shape index (κ2) is 6.52. The minimum absolute atomic E-state index is 0.00265. The maximum atomic E-state index is 11.7. The van der Waals surface area contributed by atoms with Gasteiger partial charge in [0, 0.05) is 31.6 Å².